The molecule has 5 aromatic rings. The van der Waals surface area contributed by atoms with E-state index in [2.05, 4.69) is 15.9 Å². The van der Waals surface area contributed by atoms with Crippen LogP contribution in [0.1, 0.15) is 42.4 Å². The molecular formula is C42H35BrCl2N4O6S. The summed E-state index contributed by atoms with van der Waals surface area (Å²) in [4.78, 5) is 62.1. The zero-order valence-corrected chi connectivity index (χ0v) is 34.8. The molecule has 0 bridgehead atoms. The molecule has 56 heavy (non-hydrogen) atoms. The number of phenolic OH excluding ortho intramolecular Hbond substituents is 1. The first kappa shape index (κ1) is 37.1. The maximum Gasteiger partial charge on any atom is 0.242 e. The first-order chi connectivity index (χ1) is 26.6. The lowest BCUT2D eigenvalue weighted by atomic mass is 9.51. The minimum atomic E-state index is -1.40. The molecule has 3 aromatic carbocycles. The van der Waals surface area contributed by atoms with Gasteiger partial charge in [0, 0.05) is 43.8 Å². The molecule has 2 aromatic heterocycles. The van der Waals surface area contributed by atoms with Crippen LogP contribution in [-0.4, -0.2) is 45.6 Å². The van der Waals surface area contributed by atoms with E-state index in [0.29, 0.717) is 37.3 Å². The monoisotopic (exact) mass is 872 g/mol. The summed E-state index contributed by atoms with van der Waals surface area (Å²) < 4.78 is 8.73. The van der Waals surface area contributed by atoms with E-state index in [0.717, 1.165) is 31.7 Å². The van der Waals surface area contributed by atoms with Crippen LogP contribution >= 0.6 is 50.5 Å². The molecular weight excluding hydrogens is 839 g/mol. The number of ether oxygens (including phenoxy) is 1. The summed E-state index contributed by atoms with van der Waals surface area (Å²) in [7, 11) is 3.14. The van der Waals surface area contributed by atoms with Crippen molar-refractivity contribution in [2.24, 2.45) is 36.1 Å². The number of nitrogens with zero attached hydrogens (tertiary/aromatic N) is 4. The molecule has 4 heterocycles. The SMILES string of the molecule is COc1cc(Br)cc([C@H]2C3=CC[C@@H]4C(=O)N(c5ccc(C)c(Cl)c5)C(=O)[C@@H]4[C@@H]3C[C@H]3C(=O)N(c4cc(-c5sc6ccc(Cl)cc6c5C)nn4C)C(=O)[C@@]23C)c1O. The molecule has 2 saturated heterocycles. The van der Waals surface area contributed by atoms with E-state index >= 15 is 4.79 Å². The predicted octanol–water partition coefficient (Wildman–Crippen LogP) is 9.14. The van der Waals surface area contributed by atoms with Gasteiger partial charge in [0.25, 0.3) is 0 Å². The molecule has 1 N–H and O–H groups in total. The van der Waals surface area contributed by atoms with Crippen molar-refractivity contribution < 1.29 is 29.0 Å². The number of allylic oxidation sites excluding steroid dienone is 2. The Hall–Kier alpha value is -4.49. The Bertz CT molecular complexity index is 2640. The Morgan fingerprint density at radius 1 is 0.964 bits per heavy atom. The Labute approximate surface area is 344 Å². The third-order valence-electron chi connectivity index (χ3n) is 12.5. The summed E-state index contributed by atoms with van der Waals surface area (Å²) in [5.74, 6) is -5.09. The third kappa shape index (κ3) is 5.14. The van der Waals surface area contributed by atoms with Crippen molar-refractivity contribution >= 4 is 95.7 Å². The zero-order chi connectivity index (χ0) is 39.7. The molecule has 0 unspecified atom stereocenters. The van der Waals surface area contributed by atoms with Crippen LogP contribution in [0.2, 0.25) is 10.0 Å². The van der Waals surface area contributed by atoms with Crippen LogP contribution in [0.25, 0.3) is 20.7 Å². The second-order valence-electron chi connectivity index (χ2n) is 15.4. The van der Waals surface area contributed by atoms with Gasteiger partial charge in [0.15, 0.2) is 11.5 Å². The van der Waals surface area contributed by atoms with Crippen LogP contribution in [0, 0.1) is 42.9 Å². The van der Waals surface area contributed by atoms with E-state index in [9.17, 15) is 19.5 Å². The average molecular weight is 875 g/mol. The van der Waals surface area contributed by atoms with E-state index in [-0.39, 0.29) is 36.2 Å². The second kappa shape index (κ2) is 13.0. The van der Waals surface area contributed by atoms with Gasteiger partial charge < -0.3 is 9.84 Å². The molecule has 9 rings (SSSR count). The number of hydrogen-bond donors (Lipinski definition) is 1. The first-order valence-electron chi connectivity index (χ1n) is 18.2. The number of carbonyl (C=O) groups is 4. The van der Waals surface area contributed by atoms with Gasteiger partial charge in [-0.1, -0.05) is 56.8 Å². The maximum absolute atomic E-state index is 15.2. The number of hydrogen-bond acceptors (Lipinski definition) is 8. The lowest BCUT2D eigenvalue weighted by molar-refractivity contribution is -0.131. The van der Waals surface area contributed by atoms with Crippen molar-refractivity contribution in [2.45, 2.75) is 39.5 Å². The van der Waals surface area contributed by atoms with E-state index in [1.807, 2.05) is 38.1 Å². The van der Waals surface area contributed by atoms with Crippen LogP contribution in [0.15, 0.2) is 70.7 Å². The molecule has 4 aliphatic rings. The van der Waals surface area contributed by atoms with Gasteiger partial charge in [-0.3, -0.25) is 23.9 Å². The largest absolute Gasteiger partial charge is 0.504 e. The van der Waals surface area contributed by atoms with Gasteiger partial charge in [-0.25, -0.2) is 9.80 Å². The van der Waals surface area contributed by atoms with Crippen molar-refractivity contribution in [3.8, 4) is 22.1 Å². The molecule has 10 nitrogen and oxygen atoms in total. The van der Waals surface area contributed by atoms with E-state index in [1.165, 1.54) is 16.9 Å². The average Bonchev–Trinajstić information content (AvgIpc) is 3.83. The van der Waals surface area contributed by atoms with Crippen molar-refractivity contribution in [3.05, 3.63) is 97.5 Å². The van der Waals surface area contributed by atoms with E-state index < -0.39 is 46.8 Å². The van der Waals surface area contributed by atoms with Gasteiger partial charge in [-0.15, -0.1) is 11.3 Å². The Balaban J connectivity index is 1.18. The highest BCUT2D eigenvalue weighted by atomic mass is 79.9. The van der Waals surface area contributed by atoms with Gasteiger partial charge in [0.1, 0.15) is 11.5 Å². The van der Waals surface area contributed by atoms with Crippen molar-refractivity contribution in [1.29, 1.82) is 0 Å². The number of aromatic hydroxyl groups is 1. The summed E-state index contributed by atoms with van der Waals surface area (Å²) >= 11 is 17.9. The van der Waals surface area contributed by atoms with Gasteiger partial charge in [0.05, 0.1) is 40.8 Å². The van der Waals surface area contributed by atoms with Gasteiger partial charge in [0.2, 0.25) is 23.6 Å². The number of aromatic nitrogens is 2. The van der Waals surface area contributed by atoms with Gasteiger partial charge in [-0.2, -0.15) is 5.10 Å². The number of fused-ring (bicyclic) bond motifs is 5. The highest BCUT2D eigenvalue weighted by Crippen LogP contribution is 2.65. The fourth-order valence-corrected chi connectivity index (χ4v) is 11.7. The van der Waals surface area contributed by atoms with Crippen molar-refractivity contribution in [3.63, 3.8) is 0 Å². The van der Waals surface area contributed by atoms with Crippen LogP contribution < -0.4 is 14.5 Å². The van der Waals surface area contributed by atoms with E-state index in [4.69, 9.17) is 33.0 Å². The van der Waals surface area contributed by atoms with Crippen LogP contribution in [0.3, 0.4) is 0 Å². The van der Waals surface area contributed by atoms with Crippen LogP contribution in [-0.2, 0) is 26.2 Å². The second-order valence-corrected chi connectivity index (χ2v) is 18.2. The quantitative estimate of drug-likeness (QED) is 0.138. The predicted molar refractivity (Wildman–Crippen MR) is 219 cm³/mol. The zero-order valence-electron chi connectivity index (χ0n) is 30.9. The number of imide groups is 2. The summed E-state index contributed by atoms with van der Waals surface area (Å²) in [6, 6.07) is 16.0. The molecule has 2 aliphatic heterocycles. The number of benzene rings is 3. The molecule has 2 aliphatic carbocycles. The number of methoxy groups -OCH3 is 1. The topological polar surface area (TPSA) is 122 Å². The number of rotatable bonds is 5. The number of halogens is 3. The van der Waals surface area contributed by atoms with Crippen molar-refractivity contribution in [2.75, 3.05) is 16.9 Å². The molecule has 0 spiro atoms. The summed E-state index contributed by atoms with van der Waals surface area (Å²) in [5.41, 5.74) is 2.51. The minimum Gasteiger partial charge on any atom is -0.504 e. The first-order valence-corrected chi connectivity index (χ1v) is 20.5. The molecule has 4 amide bonds. The number of carbonyl (C=O) groups excluding carboxylic acids is 4. The molecule has 286 valence electrons. The van der Waals surface area contributed by atoms with Gasteiger partial charge in [-0.05, 0) is 98.5 Å². The molecule has 14 heteroatoms. The van der Waals surface area contributed by atoms with E-state index in [1.54, 1.807) is 66.4 Å². The standard InChI is InChI=1S/C42H35BrCl2N4O6S/c1-18-6-8-22(15-29(18)45)48-38(51)24-10-9-23-26(34(24)40(48)53)16-28-39(52)49(41(54)42(28,3)35(23)27-12-20(43)13-31(55-5)36(27)50)33-17-30(46-47(33)4)37-19(2)25-14-21(44)7-11-32(25)56-37/h6-9,11-15,17,24,26,28,34-35,50H,10,16H2,1-5H3/t24-,26+,28-,34-,35+,42+/m0/s1. The third-order valence-corrected chi connectivity index (χ3v) is 14.9. The Morgan fingerprint density at radius 3 is 2.46 bits per heavy atom. The number of phenols is 1. The summed E-state index contributed by atoms with van der Waals surface area (Å²) in [6.07, 6.45) is 2.34. The molecule has 0 radical (unpaired) electrons. The highest BCUT2D eigenvalue weighted by Gasteiger charge is 2.68. The van der Waals surface area contributed by atoms with Gasteiger partial charge >= 0.3 is 0 Å². The summed E-state index contributed by atoms with van der Waals surface area (Å²) in [6.45, 7) is 5.62. The Kier molecular flexibility index (Phi) is 8.63. The molecule has 3 fully saturated rings. The molecule has 6 atom stereocenters. The summed E-state index contributed by atoms with van der Waals surface area (Å²) in [5, 5.41) is 18.6. The minimum absolute atomic E-state index is 0.148. The number of amides is 4. The Morgan fingerprint density at radius 2 is 1.73 bits per heavy atom. The lowest BCUT2D eigenvalue weighted by Gasteiger charge is -2.49. The van der Waals surface area contributed by atoms with Crippen LogP contribution in [0.4, 0.5) is 11.5 Å². The molecule has 1 saturated carbocycles. The van der Waals surface area contributed by atoms with Crippen LogP contribution in [0.5, 0.6) is 11.5 Å². The fraction of sp³-hybridized carbons (Fsp3) is 0.310. The van der Waals surface area contributed by atoms with Crippen molar-refractivity contribution in [1.82, 2.24) is 9.78 Å². The highest BCUT2D eigenvalue weighted by molar-refractivity contribution is 9.10. The fourth-order valence-electron chi connectivity index (χ4n) is 9.74. The number of thiophene rings is 1. The maximum atomic E-state index is 15.2. The normalized spacial score (nSPS) is 25.9. The smallest absolute Gasteiger partial charge is 0.242 e. The number of aryl methyl sites for hydroxylation is 3. The lowest BCUT2D eigenvalue weighted by Crippen LogP contribution is -2.49. The number of anilines is 2.